The molecule has 0 unspecified atom stereocenters. The van der Waals surface area contributed by atoms with Crippen LogP contribution in [0.1, 0.15) is 34.7 Å². The fraction of sp³-hybridized carbons (Fsp3) is 0.0769. The van der Waals surface area contributed by atoms with Crippen molar-refractivity contribution in [3.05, 3.63) is 94.5 Å². The van der Waals surface area contributed by atoms with Crippen LogP contribution in [-0.4, -0.2) is 6.79 Å². The van der Waals surface area contributed by atoms with Crippen LogP contribution >= 0.6 is 0 Å². The summed E-state index contributed by atoms with van der Waals surface area (Å²) < 4.78 is 10.7. The van der Waals surface area contributed by atoms with E-state index in [2.05, 4.69) is 35.5 Å². The van der Waals surface area contributed by atoms with E-state index in [4.69, 9.17) is 9.47 Å². The van der Waals surface area contributed by atoms with E-state index >= 15 is 0 Å². The average Bonchev–Trinajstić information content (AvgIpc) is 3.20. The SMILES string of the molecule is CC#Cc1ccccc1C#Cc1ccccc1C#Cc1ccc2c(c1)OCO2. The summed E-state index contributed by atoms with van der Waals surface area (Å²) in [4.78, 5) is 0. The normalized spacial score (nSPS) is 10.6. The highest BCUT2D eigenvalue weighted by molar-refractivity contribution is 5.58. The Morgan fingerprint density at radius 2 is 1.14 bits per heavy atom. The van der Waals surface area contributed by atoms with Crippen LogP contribution in [0.25, 0.3) is 0 Å². The summed E-state index contributed by atoms with van der Waals surface area (Å²) >= 11 is 0. The van der Waals surface area contributed by atoms with E-state index < -0.39 is 0 Å². The van der Waals surface area contributed by atoms with Gasteiger partial charge in [-0.25, -0.2) is 0 Å². The Hall–Kier alpha value is -4.06. The highest BCUT2D eigenvalue weighted by Gasteiger charge is 2.12. The largest absolute Gasteiger partial charge is 0.454 e. The molecule has 2 nitrogen and oxygen atoms in total. The third kappa shape index (κ3) is 3.86. The molecule has 2 heteroatoms. The minimum absolute atomic E-state index is 0.258. The fourth-order valence-corrected chi connectivity index (χ4v) is 2.79. The van der Waals surface area contributed by atoms with Crippen LogP contribution in [0, 0.1) is 35.5 Å². The van der Waals surface area contributed by atoms with Gasteiger partial charge in [-0.05, 0) is 49.4 Å². The molecule has 0 saturated carbocycles. The maximum Gasteiger partial charge on any atom is 0.231 e. The van der Waals surface area contributed by atoms with E-state index in [0.29, 0.717) is 0 Å². The number of hydrogen-bond donors (Lipinski definition) is 0. The Bertz CT molecular complexity index is 1220. The van der Waals surface area contributed by atoms with Crippen LogP contribution in [0.5, 0.6) is 11.5 Å². The molecular weight excluding hydrogens is 344 g/mol. The van der Waals surface area contributed by atoms with Crippen molar-refractivity contribution in [1.82, 2.24) is 0 Å². The number of benzene rings is 3. The topological polar surface area (TPSA) is 18.5 Å². The maximum absolute atomic E-state index is 5.41. The molecule has 132 valence electrons. The third-order valence-electron chi connectivity index (χ3n) is 4.16. The van der Waals surface area contributed by atoms with Crippen molar-refractivity contribution in [2.45, 2.75) is 6.92 Å². The van der Waals surface area contributed by atoms with Crippen molar-refractivity contribution in [2.75, 3.05) is 6.79 Å². The van der Waals surface area contributed by atoms with Crippen LogP contribution in [0.4, 0.5) is 0 Å². The van der Waals surface area contributed by atoms with Gasteiger partial charge in [-0.3, -0.25) is 0 Å². The van der Waals surface area contributed by atoms with Crippen LogP contribution in [0.15, 0.2) is 66.7 Å². The van der Waals surface area contributed by atoms with Crippen molar-refractivity contribution in [2.24, 2.45) is 0 Å². The third-order valence-corrected chi connectivity index (χ3v) is 4.16. The zero-order valence-electron chi connectivity index (χ0n) is 15.4. The van der Waals surface area contributed by atoms with E-state index in [0.717, 1.165) is 39.3 Å². The van der Waals surface area contributed by atoms with Crippen LogP contribution in [-0.2, 0) is 0 Å². The Morgan fingerprint density at radius 1 is 0.607 bits per heavy atom. The van der Waals surface area contributed by atoms with Crippen molar-refractivity contribution in [3.8, 4) is 47.0 Å². The summed E-state index contributed by atoms with van der Waals surface area (Å²) in [6.07, 6.45) is 0. The van der Waals surface area contributed by atoms with Gasteiger partial charge in [0.05, 0.1) is 0 Å². The summed E-state index contributed by atoms with van der Waals surface area (Å²) in [6.45, 7) is 2.08. The molecule has 0 aliphatic carbocycles. The molecule has 0 radical (unpaired) electrons. The van der Waals surface area contributed by atoms with Crippen molar-refractivity contribution >= 4 is 0 Å². The minimum Gasteiger partial charge on any atom is -0.454 e. The number of fused-ring (bicyclic) bond motifs is 1. The first-order valence-corrected chi connectivity index (χ1v) is 8.88. The second-order valence-corrected chi connectivity index (χ2v) is 6.03. The van der Waals surface area contributed by atoms with Gasteiger partial charge in [-0.15, -0.1) is 5.92 Å². The Morgan fingerprint density at radius 3 is 1.75 bits per heavy atom. The molecule has 0 atom stereocenters. The Labute approximate surface area is 165 Å². The molecule has 3 aromatic rings. The second-order valence-electron chi connectivity index (χ2n) is 6.03. The van der Waals surface area contributed by atoms with Gasteiger partial charge in [0.2, 0.25) is 6.79 Å². The van der Waals surface area contributed by atoms with Crippen LogP contribution < -0.4 is 9.47 Å². The van der Waals surface area contributed by atoms with E-state index in [9.17, 15) is 0 Å². The lowest BCUT2D eigenvalue weighted by molar-refractivity contribution is 0.174. The number of hydrogen-bond acceptors (Lipinski definition) is 2. The molecule has 0 saturated heterocycles. The molecule has 1 aliphatic heterocycles. The molecule has 1 aliphatic rings. The van der Waals surface area contributed by atoms with E-state index in [1.807, 2.05) is 73.7 Å². The van der Waals surface area contributed by atoms with E-state index in [1.54, 1.807) is 0 Å². The molecule has 0 amide bonds. The highest BCUT2D eigenvalue weighted by Crippen LogP contribution is 2.32. The average molecular weight is 360 g/mol. The fourth-order valence-electron chi connectivity index (χ4n) is 2.79. The molecule has 0 N–H and O–H groups in total. The molecule has 28 heavy (non-hydrogen) atoms. The molecule has 0 aromatic heterocycles. The molecule has 3 aromatic carbocycles. The summed E-state index contributed by atoms with van der Waals surface area (Å²) in [7, 11) is 0. The monoisotopic (exact) mass is 360 g/mol. The maximum atomic E-state index is 5.41. The predicted molar refractivity (Wildman–Crippen MR) is 110 cm³/mol. The van der Waals surface area contributed by atoms with Gasteiger partial charge in [0.15, 0.2) is 11.5 Å². The molecule has 1 heterocycles. The van der Waals surface area contributed by atoms with Gasteiger partial charge >= 0.3 is 0 Å². The Kier molecular flexibility index (Phi) is 5.02. The summed E-state index contributed by atoms with van der Waals surface area (Å²) in [5.41, 5.74) is 4.48. The first-order chi connectivity index (χ1) is 13.8. The van der Waals surface area contributed by atoms with Gasteiger partial charge < -0.3 is 9.47 Å². The molecular formula is C26H16O2. The standard InChI is InChI=1S/C26H16O2/c1-2-7-21-8-3-4-10-23(21)15-16-24-11-6-5-9-22(24)14-12-20-13-17-25-26(18-20)28-19-27-25/h3-6,8-11,13,17-18H,19H2,1H3. The smallest absolute Gasteiger partial charge is 0.231 e. The van der Waals surface area contributed by atoms with E-state index in [-0.39, 0.29) is 6.79 Å². The van der Waals surface area contributed by atoms with Crippen molar-refractivity contribution < 1.29 is 9.47 Å². The van der Waals surface area contributed by atoms with Crippen LogP contribution in [0.3, 0.4) is 0 Å². The number of ether oxygens (including phenoxy) is 2. The zero-order valence-corrected chi connectivity index (χ0v) is 15.4. The first-order valence-electron chi connectivity index (χ1n) is 8.88. The van der Waals surface area contributed by atoms with Gasteiger partial charge in [0, 0.05) is 27.8 Å². The summed E-state index contributed by atoms with van der Waals surface area (Å²) in [5.74, 6) is 20.4. The highest BCUT2D eigenvalue weighted by atomic mass is 16.7. The lowest BCUT2D eigenvalue weighted by atomic mass is 10.0. The zero-order chi connectivity index (χ0) is 19.2. The van der Waals surface area contributed by atoms with Gasteiger partial charge in [-0.1, -0.05) is 53.9 Å². The quantitative estimate of drug-likeness (QED) is 0.546. The molecule has 0 fully saturated rings. The van der Waals surface area contributed by atoms with E-state index in [1.165, 1.54) is 0 Å². The molecule has 0 spiro atoms. The van der Waals surface area contributed by atoms with Crippen molar-refractivity contribution in [3.63, 3.8) is 0 Å². The first kappa shape index (κ1) is 17.4. The van der Waals surface area contributed by atoms with Crippen molar-refractivity contribution in [1.29, 1.82) is 0 Å². The van der Waals surface area contributed by atoms with Gasteiger partial charge in [-0.2, -0.15) is 0 Å². The summed E-state index contributed by atoms with van der Waals surface area (Å²) in [5, 5.41) is 0. The minimum atomic E-state index is 0.258. The van der Waals surface area contributed by atoms with Gasteiger partial charge in [0.1, 0.15) is 0 Å². The predicted octanol–water partition coefficient (Wildman–Crippen LogP) is 4.59. The molecule has 4 rings (SSSR count). The Balaban J connectivity index is 1.66. The van der Waals surface area contributed by atoms with Gasteiger partial charge in [0.25, 0.3) is 0 Å². The lowest BCUT2D eigenvalue weighted by Crippen LogP contribution is -1.92. The number of rotatable bonds is 0. The lowest BCUT2D eigenvalue weighted by Gasteiger charge is -1.98. The van der Waals surface area contributed by atoms with Crippen LogP contribution in [0.2, 0.25) is 0 Å². The summed E-state index contributed by atoms with van der Waals surface area (Å²) in [6, 6.07) is 21.5. The second kappa shape index (κ2) is 8.09. The molecule has 0 bridgehead atoms.